The molecule has 2 rings (SSSR count). The molecule has 0 aliphatic heterocycles. The van der Waals surface area contributed by atoms with E-state index in [1.165, 1.54) is 24.4 Å². The minimum Gasteiger partial charge on any atom is -0.389 e. The number of anilines is 1. The van der Waals surface area contributed by atoms with Gasteiger partial charge in [-0.05, 0) is 36.8 Å². The molecule has 2 N–H and O–H groups in total. The van der Waals surface area contributed by atoms with Gasteiger partial charge in [-0.3, -0.25) is 4.72 Å². The van der Waals surface area contributed by atoms with E-state index in [4.69, 9.17) is 0 Å². The van der Waals surface area contributed by atoms with Gasteiger partial charge in [-0.15, -0.1) is 0 Å². The van der Waals surface area contributed by atoms with E-state index >= 15 is 0 Å². The van der Waals surface area contributed by atoms with E-state index in [1.54, 1.807) is 19.1 Å². The van der Waals surface area contributed by atoms with Crippen LogP contribution in [-0.2, 0) is 10.0 Å². The maximum Gasteiger partial charge on any atom is 0.282 e. The first-order valence-electron chi connectivity index (χ1n) is 5.81. The van der Waals surface area contributed by atoms with Gasteiger partial charge in [0.15, 0.2) is 5.82 Å². The SMILES string of the molecule is CC(O)c1ccc(NS(=O)(=O)c2ncccc2F)cc1. The van der Waals surface area contributed by atoms with Crippen LogP contribution in [0.15, 0.2) is 47.6 Å². The van der Waals surface area contributed by atoms with Gasteiger partial charge in [0.2, 0.25) is 5.03 Å². The highest BCUT2D eigenvalue weighted by Gasteiger charge is 2.20. The van der Waals surface area contributed by atoms with Crippen molar-refractivity contribution in [2.75, 3.05) is 4.72 Å². The molecule has 1 heterocycles. The minimum absolute atomic E-state index is 0.263. The van der Waals surface area contributed by atoms with Crippen LogP contribution in [0.25, 0.3) is 0 Å². The van der Waals surface area contributed by atoms with Crippen molar-refractivity contribution in [1.29, 1.82) is 0 Å². The molecule has 5 nitrogen and oxygen atoms in total. The Balaban J connectivity index is 2.27. The van der Waals surface area contributed by atoms with E-state index < -0.39 is 27.0 Å². The summed E-state index contributed by atoms with van der Waals surface area (Å²) in [6, 6.07) is 8.47. The molecule has 20 heavy (non-hydrogen) atoms. The Morgan fingerprint density at radius 2 is 1.90 bits per heavy atom. The van der Waals surface area contributed by atoms with Crippen molar-refractivity contribution in [3.63, 3.8) is 0 Å². The quantitative estimate of drug-likeness (QED) is 0.905. The average molecular weight is 296 g/mol. The van der Waals surface area contributed by atoms with Crippen molar-refractivity contribution in [1.82, 2.24) is 4.98 Å². The summed E-state index contributed by atoms with van der Waals surface area (Å²) >= 11 is 0. The van der Waals surface area contributed by atoms with Crippen LogP contribution in [0, 0.1) is 5.82 Å². The molecule has 0 aliphatic rings. The molecule has 1 aromatic carbocycles. The molecule has 0 saturated carbocycles. The summed E-state index contributed by atoms with van der Waals surface area (Å²) in [5.74, 6) is -0.916. The number of aromatic nitrogens is 1. The third-order valence-corrected chi connectivity index (χ3v) is 3.94. The lowest BCUT2D eigenvalue weighted by Crippen LogP contribution is -2.16. The third-order valence-electron chi connectivity index (χ3n) is 2.62. The second kappa shape index (κ2) is 5.56. The van der Waals surface area contributed by atoms with E-state index in [9.17, 15) is 17.9 Å². The van der Waals surface area contributed by atoms with Crippen LogP contribution in [0.2, 0.25) is 0 Å². The molecule has 0 radical (unpaired) electrons. The number of benzene rings is 1. The molecular weight excluding hydrogens is 283 g/mol. The number of nitrogens with one attached hydrogen (secondary N) is 1. The smallest absolute Gasteiger partial charge is 0.282 e. The van der Waals surface area contributed by atoms with Crippen LogP contribution in [0.1, 0.15) is 18.6 Å². The lowest BCUT2D eigenvalue weighted by atomic mass is 10.1. The molecule has 1 atom stereocenters. The molecule has 1 aromatic heterocycles. The van der Waals surface area contributed by atoms with Gasteiger partial charge in [0.25, 0.3) is 10.0 Å². The second-order valence-corrected chi connectivity index (χ2v) is 5.79. The predicted octanol–water partition coefficient (Wildman–Crippen LogP) is 2.07. The summed E-state index contributed by atoms with van der Waals surface area (Å²) in [5, 5.41) is 8.71. The Morgan fingerprint density at radius 3 is 2.45 bits per heavy atom. The maximum absolute atomic E-state index is 13.4. The van der Waals surface area contributed by atoms with Gasteiger partial charge in [-0.2, -0.15) is 8.42 Å². The van der Waals surface area contributed by atoms with E-state index in [1.807, 2.05) is 0 Å². The van der Waals surface area contributed by atoms with E-state index in [2.05, 4.69) is 9.71 Å². The summed E-state index contributed by atoms with van der Waals surface area (Å²) in [6.07, 6.45) is 0.558. The molecule has 0 saturated heterocycles. The van der Waals surface area contributed by atoms with Crippen LogP contribution in [0.5, 0.6) is 0 Å². The van der Waals surface area contributed by atoms with Crippen LogP contribution in [-0.4, -0.2) is 18.5 Å². The fourth-order valence-corrected chi connectivity index (χ4v) is 2.67. The average Bonchev–Trinajstić information content (AvgIpc) is 2.39. The summed E-state index contributed by atoms with van der Waals surface area (Å²) < 4.78 is 39.6. The van der Waals surface area contributed by atoms with Crippen molar-refractivity contribution < 1.29 is 17.9 Å². The molecule has 0 fully saturated rings. The number of aliphatic hydroxyl groups is 1. The van der Waals surface area contributed by atoms with Crippen molar-refractivity contribution in [3.05, 3.63) is 54.0 Å². The number of rotatable bonds is 4. The van der Waals surface area contributed by atoms with Crippen LogP contribution in [0.3, 0.4) is 0 Å². The largest absolute Gasteiger partial charge is 0.389 e. The number of halogens is 1. The van der Waals surface area contributed by atoms with Gasteiger partial charge in [0.1, 0.15) is 0 Å². The maximum atomic E-state index is 13.4. The van der Waals surface area contributed by atoms with Crippen molar-refractivity contribution in [2.45, 2.75) is 18.1 Å². The molecule has 1 unspecified atom stereocenters. The third kappa shape index (κ3) is 3.12. The Hall–Kier alpha value is -1.99. The first kappa shape index (κ1) is 14.4. The van der Waals surface area contributed by atoms with Gasteiger partial charge in [0, 0.05) is 11.9 Å². The van der Waals surface area contributed by atoms with Gasteiger partial charge in [0.05, 0.1) is 6.10 Å². The van der Waals surface area contributed by atoms with E-state index in [0.29, 0.717) is 5.56 Å². The predicted molar refractivity (Wildman–Crippen MR) is 72.1 cm³/mol. The Bertz CT molecular complexity index is 700. The van der Waals surface area contributed by atoms with Crippen LogP contribution >= 0.6 is 0 Å². The Kier molecular flexibility index (Phi) is 4.01. The molecule has 0 aliphatic carbocycles. The summed E-state index contributed by atoms with van der Waals surface area (Å²) in [6.45, 7) is 1.60. The van der Waals surface area contributed by atoms with Crippen molar-refractivity contribution in [2.24, 2.45) is 0 Å². The lowest BCUT2D eigenvalue weighted by molar-refractivity contribution is 0.199. The van der Waals surface area contributed by atoms with Gasteiger partial charge in [-0.1, -0.05) is 12.1 Å². The zero-order valence-corrected chi connectivity index (χ0v) is 11.4. The summed E-state index contributed by atoms with van der Waals surface area (Å²) in [7, 11) is -4.08. The molecule has 2 aromatic rings. The molecule has 7 heteroatoms. The van der Waals surface area contributed by atoms with E-state index in [0.717, 1.165) is 6.07 Å². The van der Waals surface area contributed by atoms with Gasteiger partial charge < -0.3 is 5.11 Å². The topological polar surface area (TPSA) is 79.3 Å². The van der Waals surface area contributed by atoms with Crippen LogP contribution < -0.4 is 4.72 Å². The first-order chi connectivity index (χ1) is 9.40. The number of hydrogen-bond donors (Lipinski definition) is 2. The van der Waals surface area contributed by atoms with Crippen molar-refractivity contribution >= 4 is 15.7 Å². The monoisotopic (exact) mass is 296 g/mol. The number of hydrogen-bond acceptors (Lipinski definition) is 4. The zero-order chi connectivity index (χ0) is 14.8. The molecular formula is C13H13FN2O3S. The minimum atomic E-state index is -4.08. The standard InChI is InChI=1S/C13H13FN2O3S/c1-9(17)10-4-6-11(7-5-10)16-20(18,19)13-12(14)3-2-8-15-13/h2-9,16-17H,1H3. The Labute approximate surface area is 116 Å². The highest BCUT2D eigenvalue weighted by Crippen LogP contribution is 2.19. The van der Waals surface area contributed by atoms with Crippen molar-refractivity contribution in [3.8, 4) is 0 Å². The summed E-state index contributed by atoms with van der Waals surface area (Å²) in [5.41, 5.74) is 0.913. The zero-order valence-electron chi connectivity index (χ0n) is 10.6. The first-order valence-corrected chi connectivity index (χ1v) is 7.30. The molecule has 0 bridgehead atoms. The fourth-order valence-electron chi connectivity index (χ4n) is 1.60. The Morgan fingerprint density at radius 1 is 1.25 bits per heavy atom. The second-order valence-electron chi connectivity index (χ2n) is 4.19. The van der Waals surface area contributed by atoms with Gasteiger partial charge in [-0.25, -0.2) is 9.37 Å². The fraction of sp³-hybridized carbons (Fsp3) is 0.154. The molecule has 0 amide bonds. The molecule has 0 spiro atoms. The highest BCUT2D eigenvalue weighted by atomic mass is 32.2. The number of nitrogens with zero attached hydrogens (tertiary/aromatic N) is 1. The van der Waals surface area contributed by atoms with Gasteiger partial charge >= 0.3 is 0 Å². The number of sulfonamides is 1. The normalized spacial score (nSPS) is 12.9. The summed E-state index contributed by atoms with van der Waals surface area (Å²) in [4.78, 5) is 3.53. The van der Waals surface area contributed by atoms with E-state index in [-0.39, 0.29) is 5.69 Å². The number of aliphatic hydroxyl groups excluding tert-OH is 1. The highest BCUT2D eigenvalue weighted by molar-refractivity contribution is 7.92. The van der Waals surface area contributed by atoms with Crippen LogP contribution in [0.4, 0.5) is 10.1 Å². The lowest BCUT2D eigenvalue weighted by Gasteiger charge is -2.09. The molecule has 106 valence electrons. The number of pyridine rings is 1.